The minimum Gasteiger partial charge on any atom is -0.341 e. The van der Waals surface area contributed by atoms with E-state index in [1.54, 1.807) is 18.2 Å². The summed E-state index contributed by atoms with van der Waals surface area (Å²) in [6.45, 7) is 5.12. The van der Waals surface area contributed by atoms with E-state index >= 15 is 0 Å². The molecule has 3 heterocycles. The van der Waals surface area contributed by atoms with E-state index in [1.807, 2.05) is 63.8 Å². The Labute approximate surface area is 292 Å². The van der Waals surface area contributed by atoms with Gasteiger partial charge in [-0.2, -0.15) is 0 Å². The van der Waals surface area contributed by atoms with E-state index in [0.717, 1.165) is 37.8 Å². The summed E-state index contributed by atoms with van der Waals surface area (Å²) in [7, 11) is 0. The average molecular weight is 690 g/mol. The van der Waals surface area contributed by atoms with Gasteiger partial charge in [0.1, 0.15) is 11.7 Å². The number of rotatable bonds is 10. The smallest absolute Gasteiger partial charge is 0.268 e. The number of benzene rings is 3. The molecule has 8 nitrogen and oxygen atoms in total. The summed E-state index contributed by atoms with van der Waals surface area (Å²) in [5.74, 6) is -0.107. The van der Waals surface area contributed by atoms with Crippen LogP contribution in [0.3, 0.4) is 0 Å². The Balaban J connectivity index is 0.00000451. The van der Waals surface area contributed by atoms with Gasteiger partial charge in [-0.15, -0.1) is 12.4 Å². The minimum atomic E-state index is -0.828. The van der Waals surface area contributed by atoms with Crippen LogP contribution in [0.2, 0.25) is 5.02 Å². The Morgan fingerprint density at radius 3 is 2.35 bits per heavy atom. The Morgan fingerprint density at radius 2 is 1.65 bits per heavy atom. The highest BCUT2D eigenvalue weighted by molar-refractivity contribution is 6.30. The number of fused-ring (bicyclic) bond motifs is 1. The van der Waals surface area contributed by atoms with Crippen LogP contribution in [0.1, 0.15) is 72.1 Å². The van der Waals surface area contributed by atoms with Gasteiger partial charge in [-0.05, 0) is 72.6 Å². The molecule has 4 aromatic rings. The number of carbonyl (C=O) groups is 3. The fraction of sp³-hybridized carbons (Fsp3) is 0.368. The van der Waals surface area contributed by atoms with Crippen LogP contribution < -0.4 is 10.7 Å². The molecule has 2 aliphatic rings. The van der Waals surface area contributed by atoms with Crippen molar-refractivity contribution in [2.75, 3.05) is 19.6 Å². The van der Waals surface area contributed by atoms with E-state index in [-0.39, 0.29) is 41.3 Å². The fourth-order valence-corrected chi connectivity index (χ4v) is 7.18. The molecule has 0 unspecified atom stereocenters. The van der Waals surface area contributed by atoms with E-state index < -0.39 is 11.9 Å². The molecule has 1 aromatic heterocycles. The van der Waals surface area contributed by atoms with Gasteiger partial charge in [-0.1, -0.05) is 67.1 Å². The number of para-hydroxylation sites is 1. The van der Waals surface area contributed by atoms with Crippen LogP contribution in [0.15, 0.2) is 83.7 Å². The van der Waals surface area contributed by atoms with Gasteiger partial charge in [-0.25, -0.2) is 0 Å². The van der Waals surface area contributed by atoms with Crippen molar-refractivity contribution in [3.63, 3.8) is 0 Å². The molecule has 2 saturated heterocycles. The molecule has 0 radical (unpaired) electrons. The largest absolute Gasteiger partial charge is 0.341 e. The SMILES string of the molecule is CCCn1c(C(=O)N[C@@H](Cc2ccc(Cl)cc2)C(=O)N2CCC(c3ccccc3CN3CCCC3=O)CC2)cc(=O)c2ccccc21.Cl. The number of halogens is 2. The maximum atomic E-state index is 14.2. The Morgan fingerprint density at radius 1 is 0.938 bits per heavy atom. The number of nitrogens with zero attached hydrogens (tertiary/aromatic N) is 3. The molecule has 0 aliphatic carbocycles. The van der Waals surface area contributed by atoms with Gasteiger partial charge in [0, 0.05) is 62.0 Å². The number of carbonyl (C=O) groups excluding carboxylic acids is 3. The molecule has 252 valence electrons. The summed E-state index contributed by atoms with van der Waals surface area (Å²) in [6.07, 6.45) is 4.17. The highest BCUT2D eigenvalue weighted by atomic mass is 35.5. The van der Waals surface area contributed by atoms with Crippen LogP contribution >= 0.6 is 24.0 Å². The normalized spacial score (nSPS) is 15.8. The molecule has 3 aromatic carbocycles. The Kier molecular flexibility index (Phi) is 11.6. The lowest BCUT2D eigenvalue weighted by Crippen LogP contribution is -2.52. The highest BCUT2D eigenvalue weighted by Crippen LogP contribution is 2.32. The van der Waals surface area contributed by atoms with Crippen molar-refractivity contribution in [1.82, 2.24) is 19.7 Å². The minimum absolute atomic E-state index is 0. The zero-order valence-corrected chi connectivity index (χ0v) is 28.8. The van der Waals surface area contributed by atoms with E-state index in [4.69, 9.17) is 11.6 Å². The van der Waals surface area contributed by atoms with E-state index in [9.17, 15) is 19.2 Å². The van der Waals surface area contributed by atoms with Gasteiger partial charge in [0.05, 0.1) is 5.52 Å². The molecule has 1 N–H and O–H groups in total. The van der Waals surface area contributed by atoms with Gasteiger partial charge in [0.15, 0.2) is 5.43 Å². The Hall–Kier alpha value is -4.14. The van der Waals surface area contributed by atoms with Gasteiger partial charge in [0.2, 0.25) is 11.8 Å². The molecule has 2 aliphatic heterocycles. The second-order valence-corrected chi connectivity index (χ2v) is 13.1. The lowest BCUT2D eigenvalue weighted by atomic mass is 9.86. The van der Waals surface area contributed by atoms with Crippen LogP contribution in [-0.2, 0) is 29.1 Å². The summed E-state index contributed by atoms with van der Waals surface area (Å²) < 4.78 is 1.87. The molecule has 1 atom stereocenters. The maximum absolute atomic E-state index is 14.2. The first-order chi connectivity index (χ1) is 22.8. The topological polar surface area (TPSA) is 91.7 Å². The molecule has 0 saturated carbocycles. The zero-order chi connectivity index (χ0) is 32.9. The first kappa shape index (κ1) is 35.2. The average Bonchev–Trinajstić information content (AvgIpc) is 3.50. The molecular formula is C38H42Cl2N4O4. The third-order valence-corrected chi connectivity index (χ3v) is 9.74. The lowest BCUT2D eigenvalue weighted by molar-refractivity contribution is -0.134. The van der Waals surface area contributed by atoms with E-state index in [1.165, 1.54) is 17.2 Å². The van der Waals surface area contributed by atoms with Gasteiger partial charge in [0.25, 0.3) is 5.91 Å². The lowest BCUT2D eigenvalue weighted by Gasteiger charge is -2.35. The molecule has 2 fully saturated rings. The molecular weight excluding hydrogens is 647 g/mol. The number of aromatic nitrogens is 1. The number of likely N-dealkylation sites (tertiary alicyclic amines) is 2. The third kappa shape index (κ3) is 7.77. The molecule has 3 amide bonds. The monoisotopic (exact) mass is 688 g/mol. The number of pyridine rings is 1. The molecule has 10 heteroatoms. The van der Waals surface area contributed by atoms with Gasteiger partial charge < -0.3 is 19.7 Å². The van der Waals surface area contributed by atoms with Crippen molar-refractivity contribution in [2.45, 2.75) is 70.5 Å². The van der Waals surface area contributed by atoms with Gasteiger partial charge >= 0.3 is 0 Å². The second-order valence-electron chi connectivity index (χ2n) is 12.6. The van der Waals surface area contributed by atoms with Crippen LogP contribution in [0.5, 0.6) is 0 Å². The summed E-state index contributed by atoms with van der Waals surface area (Å²) >= 11 is 6.14. The maximum Gasteiger partial charge on any atom is 0.268 e. The third-order valence-electron chi connectivity index (χ3n) is 9.49. The predicted molar refractivity (Wildman–Crippen MR) is 192 cm³/mol. The van der Waals surface area contributed by atoms with Gasteiger partial charge in [-0.3, -0.25) is 19.2 Å². The summed E-state index contributed by atoms with van der Waals surface area (Å²) in [5.41, 5.74) is 4.01. The van der Waals surface area contributed by atoms with Crippen LogP contribution in [0.4, 0.5) is 0 Å². The van der Waals surface area contributed by atoms with Crippen molar-refractivity contribution in [3.8, 4) is 0 Å². The van der Waals surface area contributed by atoms with Crippen LogP contribution in [0, 0.1) is 0 Å². The number of nitrogens with one attached hydrogen (secondary N) is 1. The van der Waals surface area contributed by atoms with E-state index in [0.29, 0.717) is 54.9 Å². The van der Waals surface area contributed by atoms with E-state index in [2.05, 4.69) is 17.4 Å². The number of piperidine rings is 1. The molecule has 6 rings (SSSR count). The van der Waals surface area contributed by atoms with Crippen molar-refractivity contribution < 1.29 is 14.4 Å². The highest BCUT2D eigenvalue weighted by Gasteiger charge is 2.32. The van der Waals surface area contributed by atoms with Crippen LogP contribution in [-0.4, -0.2) is 57.8 Å². The second kappa shape index (κ2) is 15.8. The number of aryl methyl sites for hydroxylation is 1. The molecule has 48 heavy (non-hydrogen) atoms. The quantitative estimate of drug-likeness (QED) is 0.210. The van der Waals surface area contributed by atoms with Crippen molar-refractivity contribution in [2.24, 2.45) is 0 Å². The molecule has 0 bridgehead atoms. The Bertz CT molecular complexity index is 1830. The zero-order valence-electron chi connectivity index (χ0n) is 27.2. The summed E-state index contributed by atoms with van der Waals surface area (Å²) in [5, 5.41) is 4.17. The first-order valence-electron chi connectivity index (χ1n) is 16.6. The molecule has 0 spiro atoms. The number of hydrogen-bond donors (Lipinski definition) is 1. The number of amides is 3. The van der Waals surface area contributed by atoms with Crippen molar-refractivity contribution in [3.05, 3.63) is 116 Å². The first-order valence-corrected chi connectivity index (χ1v) is 17.0. The summed E-state index contributed by atoms with van der Waals surface area (Å²) in [4.78, 5) is 57.2. The standard InChI is InChI=1S/C38H41ClN4O4.ClH/c1-2-19-43-33-11-6-5-10-31(33)35(44)24-34(43)37(46)40-32(23-26-13-15-29(39)16-14-26)38(47)41-21-17-27(18-22-41)30-9-4-3-8-28(30)25-42-20-7-12-36(42)45;/h3-6,8-11,13-16,24,27,32H,2,7,12,17-23,25H2,1H3,(H,40,46);1H/t32-;/m0./s1. The summed E-state index contributed by atoms with van der Waals surface area (Å²) in [6, 6.07) is 23.5. The predicted octanol–water partition coefficient (Wildman–Crippen LogP) is 6.36. The van der Waals surface area contributed by atoms with Crippen molar-refractivity contribution in [1.29, 1.82) is 0 Å². The van der Waals surface area contributed by atoms with Crippen molar-refractivity contribution >= 4 is 52.6 Å². The fourth-order valence-electron chi connectivity index (χ4n) is 7.05. The number of hydrogen-bond acceptors (Lipinski definition) is 4. The van der Waals surface area contributed by atoms with Crippen LogP contribution in [0.25, 0.3) is 10.9 Å².